The lowest BCUT2D eigenvalue weighted by Crippen LogP contribution is -2.24. The third-order valence-electron chi connectivity index (χ3n) is 2.50. The number of hydrogen-bond donors (Lipinski definition) is 3. The summed E-state index contributed by atoms with van der Waals surface area (Å²) in [5, 5.41) is 15.7. The van der Waals surface area contributed by atoms with Gasteiger partial charge < -0.3 is 15.3 Å². The number of aromatic hydroxyl groups is 1. The Balaban J connectivity index is 2.31. The Kier molecular flexibility index (Phi) is 3.69. The van der Waals surface area contributed by atoms with E-state index in [1.165, 1.54) is 10.3 Å². The molecule has 1 aliphatic heterocycles. The Labute approximate surface area is 122 Å². The summed E-state index contributed by atoms with van der Waals surface area (Å²) in [5.74, 6) is -2.06. The Bertz CT molecular complexity index is 650. The molecule has 1 aromatic rings. The first-order valence-electron chi connectivity index (χ1n) is 5.37. The van der Waals surface area contributed by atoms with E-state index >= 15 is 0 Å². The lowest BCUT2D eigenvalue weighted by molar-refractivity contribution is -0.123. The molecule has 0 fully saturated rings. The zero-order valence-electron chi connectivity index (χ0n) is 10.5. The Hall–Kier alpha value is -2.06. The van der Waals surface area contributed by atoms with Crippen LogP contribution in [-0.2, 0) is 9.59 Å². The molecule has 3 amide bonds. The maximum Gasteiger partial charge on any atom is 0.276 e. The van der Waals surface area contributed by atoms with E-state index < -0.39 is 11.8 Å². The van der Waals surface area contributed by atoms with Gasteiger partial charge in [-0.15, -0.1) is 11.3 Å². The monoisotopic (exact) mass is 315 g/mol. The van der Waals surface area contributed by atoms with E-state index in [-0.39, 0.29) is 33.0 Å². The molecule has 0 saturated heterocycles. The summed E-state index contributed by atoms with van der Waals surface area (Å²) < 4.78 is 0. The molecule has 0 atom stereocenters. The van der Waals surface area contributed by atoms with Crippen LogP contribution in [0.3, 0.4) is 0 Å². The minimum atomic E-state index is -0.710. The second-order valence-electron chi connectivity index (χ2n) is 4.12. The largest absolute Gasteiger partial charge is 0.504 e. The fraction of sp³-hybridized carbons (Fsp3) is 0.182. The molecule has 9 heteroatoms. The van der Waals surface area contributed by atoms with Crippen LogP contribution in [0.2, 0.25) is 0 Å². The van der Waals surface area contributed by atoms with Crippen LogP contribution in [0.4, 0.5) is 5.69 Å². The molecule has 20 heavy (non-hydrogen) atoms. The molecule has 1 aliphatic rings. The van der Waals surface area contributed by atoms with Crippen molar-refractivity contribution in [2.24, 2.45) is 0 Å². The molecule has 0 saturated carbocycles. The molecular formula is C11H10ClN3O4S. The van der Waals surface area contributed by atoms with E-state index in [2.05, 4.69) is 5.32 Å². The molecule has 0 bridgehead atoms. The SMILES string of the molecule is CN(C)C(=O)c1scc(NC2=C(Cl)C(=O)NC2=O)c1O. The molecule has 0 unspecified atom stereocenters. The van der Waals surface area contributed by atoms with E-state index in [4.69, 9.17) is 11.6 Å². The summed E-state index contributed by atoms with van der Waals surface area (Å²) in [6.07, 6.45) is 0. The van der Waals surface area contributed by atoms with Gasteiger partial charge in [0, 0.05) is 19.5 Å². The third kappa shape index (κ3) is 2.35. The molecule has 7 nitrogen and oxygen atoms in total. The van der Waals surface area contributed by atoms with Crippen LogP contribution < -0.4 is 10.6 Å². The van der Waals surface area contributed by atoms with Crippen LogP contribution in [0.1, 0.15) is 9.67 Å². The van der Waals surface area contributed by atoms with Crippen LogP contribution in [0.5, 0.6) is 5.75 Å². The Morgan fingerprint density at radius 3 is 2.55 bits per heavy atom. The van der Waals surface area contributed by atoms with Gasteiger partial charge in [-0.05, 0) is 0 Å². The van der Waals surface area contributed by atoms with Crippen molar-refractivity contribution in [3.05, 3.63) is 21.0 Å². The van der Waals surface area contributed by atoms with E-state index in [1.54, 1.807) is 14.1 Å². The summed E-state index contributed by atoms with van der Waals surface area (Å²) in [6, 6.07) is 0. The van der Waals surface area contributed by atoms with Gasteiger partial charge in [-0.3, -0.25) is 19.7 Å². The zero-order chi connectivity index (χ0) is 15.0. The van der Waals surface area contributed by atoms with Gasteiger partial charge in [-0.1, -0.05) is 11.6 Å². The maximum absolute atomic E-state index is 11.8. The summed E-state index contributed by atoms with van der Waals surface area (Å²) in [6.45, 7) is 0. The Morgan fingerprint density at radius 1 is 1.40 bits per heavy atom. The fourth-order valence-corrected chi connectivity index (χ4v) is 2.57. The van der Waals surface area contributed by atoms with Gasteiger partial charge in [0.25, 0.3) is 17.7 Å². The number of nitrogens with one attached hydrogen (secondary N) is 2. The normalized spacial score (nSPS) is 14.6. The van der Waals surface area contributed by atoms with Crippen LogP contribution in [0.15, 0.2) is 16.1 Å². The number of halogens is 1. The van der Waals surface area contributed by atoms with Crippen LogP contribution in [-0.4, -0.2) is 41.8 Å². The minimum absolute atomic E-state index is 0.124. The predicted molar refractivity (Wildman–Crippen MR) is 73.7 cm³/mol. The number of imide groups is 1. The van der Waals surface area contributed by atoms with Crippen LogP contribution >= 0.6 is 22.9 Å². The van der Waals surface area contributed by atoms with Gasteiger partial charge in [0.15, 0.2) is 5.75 Å². The molecular weight excluding hydrogens is 306 g/mol. The molecule has 2 rings (SSSR count). The highest BCUT2D eigenvalue weighted by Gasteiger charge is 2.30. The van der Waals surface area contributed by atoms with Crippen molar-refractivity contribution in [1.29, 1.82) is 0 Å². The van der Waals surface area contributed by atoms with E-state index in [9.17, 15) is 19.5 Å². The fourth-order valence-electron chi connectivity index (χ4n) is 1.48. The molecule has 3 N–H and O–H groups in total. The molecule has 0 radical (unpaired) electrons. The molecule has 1 aromatic heterocycles. The number of rotatable bonds is 3. The number of anilines is 1. The van der Waals surface area contributed by atoms with Crippen molar-refractivity contribution < 1.29 is 19.5 Å². The van der Waals surface area contributed by atoms with Gasteiger partial charge in [-0.2, -0.15) is 0 Å². The first-order valence-corrected chi connectivity index (χ1v) is 6.63. The molecule has 0 aromatic carbocycles. The average Bonchev–Trinajstić information content (AvgIpc) is 2.85. The molecule has 0 aliphatic carbocycles. The third-order valence-corrected chi connectivity index (χ3v) is 3.82. The van der Waals surface area contributed by atoms with E-state index in [1.807, 2.05) is 5.32 Å². The highest BCUT2D eigenvalue weighted by atomic mass is 35.5. The molecule has 0 spiro atoms. The number of carbonyl (C=O) groups excluding carboxylic acids is 3. The van der Waals surface area contributed by atoms with Gasteiger partial charge >= 0.3 is 0 Å². The second kappa shape index (κ2) is 5.14. The highest BCUT2D eigenvalue weighted by molar-refractivity contribution is 7.13. The van der Waals surface area contributed by atoms with Crippen molar-refractivity contribution in [3.63, 3.8) is 0 Å². The van der Waals surface area contributed by atoms with E-state index in [0.717, 1.165) is 11.3 Å². The summed E-state index contributed by atoms with van der Waals surface area (Å²) in [4.78, 5) is 35.9. The van der Waals surface area contributed by atoms with Crippen molar-refractivity contribution in [2.45, 2.75) is 0 Å². The van der Waals surface area contributed by atoms with Gasteiger partial charge in [0.05, 0.1) is 5.69 Å². The quantitative estimate of drug-likeness (QED) is 0.712. The summed E-state index contributed by atoms with van der Waals surface area (Å²) in [5.41, 5.74) is -0.0215. The first kappa shape index (κ1) is 14.4. The minimum Gasteiger partial charge on any atom is -0.504 e. The zero-order valence-corrected chi connectivity index (χ0v) is 12.1. The average molecular weight is 316 g/mol. The second-order valence-corrected chi connectivity index (χ2v) is 5.38. The van der Waals surface area contributed by atoms with Crippen LogP contribution in [0, 0.1) is 0 Å². The number of thiophene rings is 1. The lowest BCUT2D eigenvalue weighted by Gasteiger charge is -2.09. The summed E-state index contributed by atoms with van der Waals surface area (Å²) in [7, 11) is 3.11. The lowest BCUT2D eigenvalue weighted by atomic mass is 10.3. The van der Waals surface area contributed by atoms with Crippen molar-refractivity contribution in [1.82, 2.24) is 10.2 Å². The Morgan fingerprint density at radius 2 is 2.05 bits per heavy atom. The number of hydrogen-bond acceptors (Lipinski definition) is 6. The number of amides is 3. The van der Waals surface area contributed by atoms with Crippen molar-refractivity contribution >= 4 is 46.3 Å². The van der Waals surface area contributed by atoms with Crippen LogP contribution in [0.25, 0.3) is 0 Å². The predicted octanol–water partition coefficient (Wildman–Crippen LogP) is 0.674. The smallest absolute Gasteiger partial charge is 0.276 e. The van der Waals surface area contributed by atoms with Crippen molar-refractivity contribution in [2.75, 3.05) is 19.4 Å². The molecule has 2 heterocycles. The first-order chi connectivity index (χ1) is 9.32. The standard InChI is InChI=1S/C11H10ClN3O4S/c1-15(2)11(19)8-7(16)4(3-20-8)13-6-5(12)9(17)14-10(6)18/h3,16H,1-2H3,(H2,13,14,17,18). The topological polar surface area (TPSA) is 98.7 Å². The maximum atomic E-state index is 11.8. The summed E-state index contributed by atoms with van der Waals surface area (Å²) >= 11 is 6.69. The highest BCUT2D eigenvalue weighted by Crippen LogP contribution is 2.36. The van der Waals surface area contributed by atoms with Gasteiger partial charge in [0.1, 0.15) is 15.6 Å². The molecule has 106 valence electrons. The van der Waals surface area contributed by atoms with Gasteiger partial charge in [0.2, 0.25) is 0 Å². The van der Waals surface area contributed by atoms with E-state index in [0.29, 0.717) is 0 Å². The number of carbonyl (C=O) groups is 3. The van der Waals surface area contributed by atoms with Gasteiger partial charge in [-0.25, -0.2) is 0 Å². The van der Waals surface area contributed by atoms with Crippen molar-refractivity contribution in [3.8, 4) is 5.75 Å². The number of nitrogens with zero attached hydrogens (tertiary/aromatic N) is 1.